The molecule has 0 aromatic heterocycles. The van der Waals surface area contributed by atoms with Gasteiger partial charge in [-0.25, -0.2) is 0 Å². The van der Waals surface area contributed by atoms with E-state index in [1.54, 1.807) is 18.2 Å². The van der Waals surface area contributed by atoms with Gasteiger partial charge in [-0.3, -0.25) is 0 Å². The molecule has 0 aliphatic carbocycles. The van der Waals surface area contributed by atoms with Gasteiger partial charge in [-0.2, -0.15) is 13.2 Å². The number of halogens is 3. The van der Waals surface area contributed by atoms with Gasteiger partial charge in [-0.15, -0.1) is 0 Å². The molecule has 1 saturated heterocycles. The Kier molecular flexibility index (Phi) is 2.67. The lowest BCUT2D eigenvalue weighted by molar-refractivity contribution is -0.283. The Morgan fingerprint density at radius 3 is 2.19 bits per heavy atom. The van der Waals surface area contributed by atoms with Crippen molar-refractivity contribution in [2.45, 2.75) is 17.9 Å². The Labute approximate surface area is 91.0 Å². The summed E-state index contributed by atoms with van der Waals surface area (Å²) in [7, 11) is 1.06. The maximum absolute atomic E-state index is 13.1. The Hall–Kier alpha value is -1.07. The van der Waals surface area contributed by atoms with Gasteiger partial charge in [0.05, 0.1) is 6.61 Å². The van der Waals surface area contributed by atoms with Crippen LogP contribution in [0, 0.1) is 0 Å². The fourth-order valence-corrected chi connectivity index (χ4v) is 1.87. The van der Waals surface area contributed by atoms with Crippen molar-refractivity contribution >= 4 is 0 Å². The van der Waals surface area contributed by atoms with Crippen molar-refractivity contribution in [3.05, 3.63) is 35.9 Å². The highest BCUT2D eigenvalue weighted by Crippen LogP contribution is 2.49. The lowest BCUT2D eigenvalue weighted by Crippen LogP contribution is -2.48. The van der Waals surface area contributed by atoms with E-state index in [1.165, 1.54) is 12.1 Å². The largest absolute Gasteiger partial charge is 0.424 e. The number of hydrogen-bond donors (Lipinski definition) is 0. The summed E-state index contributed by atoms with van der Waals surface area (Å²) in [4.78, 5) is 0. The van der Waals surface area contributed by atoms with E-state index < -0.39 is 17.9 Å². The van der Waals surface area contributed by atoms with E-state index in [0.29, 0.717) is 0 Å². The van der Waals surface area contributed by atoms with E-state index in [1.807, 2.05) is 0 Å². The van der Waals surface area contributed by atoms with Gasteiger partial charge in [0.2, 0.25) is 5.60 Å². The Morgan fingerprint density at radius 1 is 1.25 bits per heavy atom. The molecule has 1 heterocycles. The van der Waals surface area contributed by atoms with Gasteiger partial charge >= 0.3 is 6.18 Å². The monoisotopic (exact) mass is 232 g/mol. The highest BCUT2D eigenvalue weighted by atomic mass is 19.4. The summed E-state index contributed by atoms with van der Waals surface area (Å²) in [6, 6.07) is 7.57. The molecule has 0 radical (unpaired) electrons. The first kappa shape index (κ1) is 11.4. The van der Waals surface area contributed by atoms with Crippen LogP contribution in [0.4, 0.5) is 13.2 Å². The molecule has 0 saturated carbocycles. The number of alkyl halides is 3. The minimum absolute atomic E-state index is 0.0717. The molecule has 16 heavy (non-hydrogen) atoms. The predicted octanol–water partition coefficient (Wildman–Crippen LogP) is 2.49. The van der Waals surface area contributed by atoms with E-state index in [2.05, 4.69) is 0 Å². The Morgan fingerprint density at radius 2 is 1.81 bits per heavy atom. The molecule has 1 unspecified atom stereocenters. The number of methoxy groups -OCH3 is 1. The Balaban J connectivity index is 2.49. The van der Waals surface area contributed by atoms with Gasteiger partial charge in [0.15, 0.2) is 0 Å². The molecule has 1 aliphatic heterocycles. The average Bonchev–Trinajstić information content (AvgIpc) is 3.04. The molecule has 0 amide bonds. The van der Waals surface area contributed by atoms with Crippen molar-refractivity contribution in [2.24, 2.45) is 0 Å². The predicted molar refractivity (Wildman–Crippen MR) is 50.9 cm³/mol. The van der Waals surface area contributed by atoms with Crippen LogP contribution in [0.1, 0.15) is 5.56 Å². The maximum atomic E-state index is 13.1. The third-order valence-electron chi connectivity index (χ3n) is 2.73. The smallest absolute Gasteiger partial charge is 0.369 e. The molecule has 5 heteroatoms. The van der Waals surface area contributed by atoms with Crippen LogP contribution in [-0.4, -0.2) is 26.0 Å². The van der Waals surface area contributed by atoms with E-state index in [-0.39, 0.29) is 12.2 Å². The lowest BCUT2D eigenvalue weighted by atomic mass is 9.89. The highest BCUT2D eigenvalue weighted by molar-refractivity contribution is 5.28. The molecule has 1 aromatic rings. The number of hydrogen-bond acceptors (Lipinski definition) is 2. The van der Waals surface area contributed by atoms with Crippen LogP contribution in [0.2, 0.25) is 0 Å². The molecule has 1 fully saturated rings. The second kappa shape index (κ2) is 3.75. The van der Waals surface area contributed by atoms with Crippen LogP contribution < -0.4 is 0 Å². The zero-order chi connectivity index (χ0) is 11.8. The quantitative estimate of drug-likeness (QED) is 0.747. The van der Waals surface area contributed by atoms with Gasteiger partial charge in [-0.1, -0.05) is 30.3 Å². The van der Waals surface area contributed by atoms with Crippen LogP contribution in [0.25, 0.3) is 0 Å². The van der Waals surface area contributed by atoms with Crippen molar-refractivity contribution < 1.29 is 22.6 Å². The maximum Gasteiger partial charge on any atom is 0.424 e. The Bertz CT molecular complexity index is 359. The summed E-state index contributed by atoms with van der Waals surface area (Å²) in [6.45, 7) is 0.0717. The van der Waals surface area contributed by atoms with Crippen molar-refractivity contribution in [3.8, 4) is 0 Å². The number of ether oxygens (including phenoxy) is 2. The van der Waals surface area contributed by atoms with E-state index in [0.717, 1.165) is 7.11 Å². The van der Waals surface area contributed by atoms with Crippen LogP contribution in [0.5, 0.6) is 0 Å². The first-order chi connectivity index (χ1) is 7.52. The van der Waals surface area contributed by atoms with E-state index in [9.17, 15) is 13.2 Å². The average molecular weight is 232 g/mol. The molecule has 2 rings (SSSR count). The van der Waals surface area contributed by atoms with Gasteiger partial charge in [0.25, 0.3) is 0 Å². The van der Waals surface area contributed by atoms with Crippen LogP contribution in [0.3, 0.4) is 0 Å². The molecule has 1 aromatic carbocycles. The number of rotatable bonds is 3. The van der Waals surface area contributed by atoms with Crippen LogP contribution in [0.15, 0.2) is 30.3 Å². The molecule has 88 valence electrons. The standard InChI is InChI=1S/C11H11F3O2/c1-15-10(9-7-16-9,11(12,13)14)8-5-3-2-4-6-8/h2-6,9H,7H2,1H3/t9?,10-/m1/s1. The van der Waals surface area contributed by atoms with E-state index >= 15 is 0 Å². The fraction of sp³-hybridized carbons (Fsp3) is 0.455. The number of benzene rings is 1. The van der Waals surface area contributed by atoms with Crippen molar-refractivity contribution in [2.75, 3.05) is 13.7 Å². The molecule has 2 nitrogen and oxygen atoms in total. The topological polar surface area (TPSA) is 21.8 Å². The number of epoxide rings is 1. The van der Waals surface area contributed by atoms with Crippen molar-refractivity contribution in [1.82, 2.24) is 0 Å². The molecule has 2 atom stereocenters. The molecule has 1 aliphatic rings. The first-order valence-electron chi connectivity index (χ1n) is 4.81. The third kappa shape index (κ3) is 1.60. The van der Waals surface area contributed by atoms with E-state index in [4.69, 9.17) is 9.47 Å². The normalized spacial score (nSPS) is 23.9. The van der Waals surface area contributed by atoms with Gasteiger partial charge in [0.1, 0.15) is 6.10 Å². The lowest BCUT2D eigenvalue weighted by Gasteiger charge is -2.33. The highest BCUT2D eigenvalue weighted by Gasteiger charge is 2.66. The van der Waals surface area contributed by atoms with Crippen LogP contribution >= 0.6 is 0 Å². The van der Waals surface area contributed by atoms with Gasteiger partial charge < -0.3 is 9.47 Å². The van der Waals surface area contributed by atoms with Crippen molar-refractivity contribution in [3.63, 3.8) is 0 Å². The zero-order valence-corrected chi connectivity index (χ0v) is 8.62. The SMILES string of the molecule is CO[C@](c1ccccc1)(C1CO1)C(F)(F)F. The fourth-order valence-electron chi connectivity index (χ4n) is 1.87. The third-order valence-corrected chi connectivity index (χ3v) is 2.73. The van der Waals surface area contributed by atoms with Gasteiger partial charge in [0, 0.05) is 7.11 Å². The molecular formula is C11H11F3O2. The minimum Gasteiger partial charge on any atom is -0.369 e. The minimum atomic E-state index is -4.50. The second-order valence-corrected chi connectivity index (χ2v) is 3.63. The first-order valence-corrected chi connectivity index (χ1v) is 4.81. The molecule has 0 N–H and O–H groups in total. The summed E-state index contributed by atoms with van der Waals surface area (Å²) in [5.74, 6) is 0. The molecule has 0 bridgehead atoms. The summed E-state index contributed by atoms with van der Waals surface area (Å²) < 4.78 is 49.0. The summed E-state index contributed by atoms with van der Waals surface area (Å²) in [5, 5.41) is 0. The van der Waals surface area contributed by atoms with Crippen molar-refractivity contribution in [1.29, 1.82) is 0 Å². The molecular weight excluding hydrogens is 221 g/mol. The van der Waals surface area contributed by atoms with Gasteiger partial charge in [-0.05, 0) is 5.56 Å². The zero-order valence-electron chi connectivity index (χ0n) is 8.62. The van der Waals surface area contributed by atoms with Crippen LogP contribution in [-0.2, 0) is 15.1 Å². The molecule has 0 spiro atoms. The second-order valence-electron chi connectivity index (χ2n) is 3.63. The summed E-state index contributed by atoms with van der Waals surface area (Å²) in [5.41, 5.74) is -2.26. The summed E-state index contributed by atoms with van der Waals surface area (Å²) in [6.07, 6.45) is -5.44. The summed E-state index contributed by atoms with van der Waals surface area (Å²) >= 11 is 0.